The quantitative estimate of drug-likeness (QED) is 0.262. The Morgan fingerprint density at radius 1 is 1.10 bits per heavy atom. The molecule has 0 spiro atoms. The largest absolute Gasteiger partial charge is 0.388 e. The number of halogens is 1. The van der Waals surface area contributed by atoms with E-state index in [1.54, 1.807) is 29.2 Å². The van der Waals surface area contributed by atoms with Crippen molar-refractivity contribution in [2.45, 2.75) is 37.8 Å². The van der Waals surface area contributed by atoms with Gasteiger partial charge in [-0.15, -0.1) is 5.10 Å². The van der Waals surface area contributed by atoms with E-state index >= 15 is 0 Å². The standard InChI is InChI=1S/C31H28ClN7O3/c32-23-10-12-27(39-19-33-36-37-39)22(17-23)9-13-30(42)38-14-4-7-24(21-5-2-1-3-6-21)31(38)28(41)16-20-8-11-25-26(15-20)35-29(18-40)34-25/h1-3,5-6,8-13,15,17,19,24,31,40H,4,7,14,16,18H2,(H,34,35)/b13-9+. The predicted molar refractivity (Wildman–Crippen MR) is 158 cm³/mol. The Morgan fingerprint density at radius 2 is 1.95 bits per heavy atom. The van der Waals surface area contributed by atoms with Crippen molar-refractivity contribution in [2.75, 3.05) is 6.54 Å². The smallest absolute Gasteiger partial charge is 0.247 e. The first-order chi connectivity index (χ1) is 20.5. The van der Waals surface area contributed by atoms with Gasteiger partial charge in [-0.2, -0.15) is 4.68 Å². The molecule has 1 saturated heterocycles. The highest BCUT2D eigenvalue weighted by Crippen LogP contribution is 2.34. The van der Waals surface area contributed by atoms with Gasteiger partial charge in [0.25, 0.3) is 0 Å². The van der Waals surface area contributed by atoms with Gasteiger partial charge in [-0.1, -0.05) is 48.0 Å². The Bertz CT molecular complexity index is 1750. The molecule has 1 aliphatic heterocycles. The minimum Gasteiger partial charge on any atom is -0.388 e. The van der Waals surface area contributed by atoms with Crippen molar-refractivity contribution in [3.05, 3.63) is 107 Å². The van der Waals surface area contributed by atoms with E-state index in [4.69, 9.17) is 11.6 Å². The van der Waals surface area contributed by atoms with Crippen LogP contribution >= 0.6 is 11.6 Å². The summed E-state index contributed by atoms with van der Waals surface area (Å²) in [6.07, 6.45) is 6.37. The molecule has 0 radical (unpaired) electrons. The van der Waals surface area contributed by atoms with Gasteiger partial charge in [-0.3, -0.25) is 9.59 Å². The van der Waals surface area contributed by atoms with E-state index < -0.39 is 6.04 Å². The van der Waals surface area contributed by atoms with Gasteiger partial charge in [-0.25, -0.2) is 4.98 Å². The number of nitrogens with one attached hydrogen (secondary N) is 1. The van der Waals surface area contributed by atoms with Crippen LogP contribution in [0.1, 0.15) is 41.3 Å². The molecule has 0 bridgehead atoms. The predicted octanol–water partition coefficient (Wildman–Crippen LogP) is 4.28. The van der Waals surface area contributed by atoms with Crippen molar-refractivity contribution in [1.29, 1.82) is 0 Å². The Balaban J connectivity index is 1.31. The molecular weight excluding hydrogens is 554 g/mol. The van der Waals surface area contributed by atoms with Crippen molar-refractivity contribution in [2.24, 2.45) is 0 Å². The van der Waals surface area contributed by atoms with Gasteiger partial charge >= 0.3 is 0 Å². The van der Waals surface area contributed by atoms with E-state index in [0.29, 0.717) is 28.6 Å². The van der Waals surface area contributed by atoms with Gasteiger partial charge in [0, 0.05) is 35.5 Å². The number of aromatic nitrogens is 6. The number of amides is 1. The number of nitrogens with zero attached hydrogens (tertiary/aromatic N) is 6. The van der Waals surface area contributed by atoms with E-state index in [1.165, 1.54) is 17.1 Å². The van der Waals surface area contributed by atoms with Crippen molar-refractivity contribution < 1.29 is 14.7 Å². The number of piperidine rings is 1. The number of rotatable bonds is 8. The number of aliphatic hydroxyl groups is 1. The maximum Gasteiger partial charge on any atom is 0.247 e. The van der Waals surface area contributed by atoms with Gasteiger partial charge in [0.2, 0.25) is 5.91 Å². The molecule has 2 atom stereocenters. The summed E-state index contributed by atoms with van der Waals surface area (Å²) < 4.78 is 1.50. The van der Waals surface area contributed by atoms with Gasteiger partial charge in [0.1, 0.15) is 18.8 Å². The molecule has 11 heteroatoms. The molecule has 5 aromatic rings. The molecular formula is C31H28ClN7O3. The van der Waals surface area contributed by atoms with Crippen molar-refractivity contribution in [1.82, 2.24) is 35.1 Å². The highest BCUT2D eigenvalue weighted by molar-refractivity contribution is 6.30. The van der Waals surface area contributed by atoms with E-state index in [-0.39, 0.29) is 30.6 Å². The Hall–Kier alpha value is -4.67. The number of hydrogen-bond acceptors (Lipinski definition) is 7. The number of likely N-dealkylation sites (tertiary alicyclic amines) is 1. The summed E-state index contributed by atoms with van der Waals surface area (Å²) in [7, 11) is 0. The van der Waals surface area contributed by atoms with Gasteiger partial charge in [0.05, 0.1) is 22.8 Å². The van der Waals surface area contributed by atoms with Gasteiger partial charge < -0.3 is 15.0 Å². The van der Waals surface area contributed by atoms with Crippen molar-refractivity contribution >= 4 is 40.4 Å². The molecule has 1 amide bonds. The number of carbonyl (C=O) groups excluding carboxylic acids is 2. The van der Waals surface area contributed by atoms with E-state index in [0.717, 1.165) is 35.0 Å². The van der Waals surface area contributed by atoms with E-state index in [9.17, 15) is 14.7 Å². The lowest BCUT2D eigenvalue weighted by atomic mass is 9.80. The fourth-order valence-corrected chi connectivity index (χ4v) is 5.87. The molecule has 0 saturated carbocycles. The number of Topliss-reactive ketones (excluding diaryl/α,β-unsaturated/α-hetero) is 1. The number of hydrogen-bond donors (Lipinski definition) is 2. The second-order valence-corrected chi connectivity index (χ2v) is 10.7. The van der Waals surface area contributed by atoms with E-state index in [2.05, 4.69) is 25.5 Å². The Kier molecular flexibility index (Phi) is 7.89. The number of aromatic amines is 1. The third-order valence-corrected chi connectivity index (χ3v) is 7.82. The number of benzene rings is 3. The third kappa shape index (κ3) is 5.72. The summed E-state index contributed by atoms with van der Waals surface area (Å²) in [4.78, 5) is 36.9. The summed E-state index contributed by atoms with van der Waals surface area (Å²) in [5.41, 5.74) is 4.65. The minimum absolute atomic E-state index is 0.0383. The molecule has 1 fully saturated rings. The number of ketones is 1. The number of tetrazole rings is 1. The minimum atomic E-state index is -0.637. The lowest BCUT2D eigenvalue weighted by Gasteiger charge is -2.40. The fourth-order valence-electron chi connectivity index (χ4n) is 5.69. The first-order valence-electron chi connectivity index (χ1n) is 13.7. The molecule has 6 rings (SSSR count). The zero-order chi connectivity index (χ0) is 29.1. The Labute approximate surface area is 246 Å². The van der Waals surface area contributed by atoms with Crippen LogP contribution in [-0.4, -0.2) is 64.5 Å². The van der Waals surface area contributed by atoms with E-state index in [1.807, 2.05) is 48.5 Å². The normalized spacial score (nSPS) is 17.2. The number of H-pyrrole nitrogens is 1. The fraction of sp³-hybridized carbons (Fsp3) is 0.226. The highest BCUT2D eigenvalue weighted by atomic mass is 35.5. The van der Waals surface area contributed by atoms with Crippen molar-refractivity contribution in [3.63, 3.8) is 0 Å². The lowest BCUT2D eigenvalue weighted by Crippen LogP contribution is -2.51. The molecule has 2 unspecified atom stereocenters. The van der Waals surface area contributed by atoms with Crippen LogP contribution in [0.25, 0.3) is 22.8 Å². The first-order valence-corrected chi connectivity index (χ1v) is 14.1. The molecule has 2 N–H and O–H groups in total. The summed E-state index contributed by atoms with van der Waals surface area (Å²) in [5.74, 6) is 0.0398. The van der Waals surface area contributed by atoms with Crippen LogP contribution in [-0.2, 0) is 22.6 Å². The summed E-state index contributed by atoms with van der Waals surface area (Å²) in [5, 5.41) is 21.3. The Morgan fingerprint density at radius 3 is 2.74 bits per heavy atom. The second-order valence-electron chi connectivity index (χ2n) is 10.3. The zero-order valence-electron chi connectivity index (χ0n) is 22.6. The van der Waals surface area contributed by atoms with Gasteiger partial charge in [0.15, 0.2) is 5.78 Å². The monoisotopic (exact) mass is 581 g/mol. The number of aliphatic hydroxyl groups excluding tert-OH is 1. The van der Waals surface area contributed by atoms with Crippen LogP contribution in [0, 0.1) is 0 Å². The van der Waals surface area contributed by atoms with Crippen LogP contribution in [0.2, 0.25) is 5.02 Å². The number of imidazole rings is 1. The summed E-state index contributed by atoms with van der Waals surface area (Å²) in [6, 6.07) is 20.1. The topological polar surface area (TPSA) is 130 Å². The molecule has 3 aromatic carbocycles. The molecule has 2 aromatic heterocycles. The SMILES string of the molecule is O=C(Cc1ccc2nc(CO)[nH]c2c1)C1C(c2ccccc2)CCCN1C(=O)/C=C/c1cc(Cl)ccc1-n1cnnn1. The average molecular weight is 582 g/mol. The van der Waals surface area contributed by atoms with Crippen LogP contribution in [0.5, 0.6) is 0 Å². The van der Waals surface area contributed by atoms with Crippen LogP contribution in [0.3, 0.4) is 0 Å². The maximum absolute atomic E-state index is 14.1. The second kappa shape index (κ2) is 12.1. The average Bonchev–Trinajstić information content (AvgIpc) is 3.70. The van der Waals surface area contributed by atoms with Crippen molar-refractivity contribution in [3.8, 4) is 5.69 Å². The number of carbonyl (C=O) groups is 2. The molecule has 42 heavy (non-hydrogen) atoms. The lowest BCUT2D eigenvalue weighted by molar-refractivity contribution is -0.138. The maximum atomic E-state index is 14.1. The molecule has 3 heterocycles. The summed E-state index contributed by atoms with van der Waals surface area (Å²) in [6.45, 7) is 0.276. The van der Waals surface area contributed by atoms with Crippen LogP contribution in [0.15, 0.2) is 79.1 Å². The third-order valence-electron chi connectivity index (χ3n) is 7.59. The highest BCUT2D eigenvalue weighted by Gasteiger charge is 2.39. The zero-order valence-corrected chi connectivity index (χ0v) is 23.4. The summed E-state index contributed by atoms with van der Waals surface area (Å²) >= 11 is 6.26. The number of fused-ring (bicyclic) bond motifs is 1. The van der Waals surface area contributed by atoms with Gasteiger partial charge in [-0.05, 0) is 70.8 Å². The van der Waals surface area contributed by atoms with Crippen LogP contribution < -0.4 is 0 Å². The first kappa shape index (κ1) is 27.5. The molecule has 212 valence electrons. The molecule has 0 aliphatic carbocycles. The molecule has 10 nitrogen and oxygen atoms in total. The van der Waals surface area contributed by atoms with Crippen LogP contribution in [0.4, 0.5) is 0 Å². The molecule has 1 aliphatic rings.